The van der Waals surface area contributed by atoms with Gasteiger partial charge in [-0.3, -0.25) is 4.79 Å². The Morgan fingerprint density at radius 3 is 2.35 bits per heavy atom. The molecule has 0 aromatic rings. The topological polar surface area (TPSA) is 55.8 Å². The number of hydrogen-bond acceptors (Lipinski definition) is 3. The van der Waals surface area contributed by atoms with Crippen molar-refractivity contribution in [2.24, 2.45) is 5.92 Å². The number of rotatable bonds is 3. The molecule has 0 radical (unpaired) electrons. The zero-order chi connectivity index (χ0) is 14.3. The van der Waals surface area contributed by atoms with Crippen molar-refractivity contribution >= 4 is 5.97 Å². The van der Waals surface area contributed by atoms with Crippen LogP contribution in [0.2, 0.25) is 0 Å². The fourth-order valence-electron chi connectivity index (χ4n) is 3.74. The largest absolute Gasteiger partial charge is 0.481 e. The van der Waals surface area contributed by atoms with Crippen molar-refractivity contribution < 1.29 is 19.7 Å². The van der Waals surface area contributed by atoms with E-state index >= 15 is 0 Å². The number of carboxylic acid groups (broad SMARTS) is 1. The molecule has 2 rings (SSSR count). The molecule has 2 aliphatic rings. The summed E-state index contributed by atoms with van der Waals surface area (Å²) in [6, 6.07) is 0. The summed E-state index contributed by atoms with van der Waals surface area (Å²) in [5, 5.41) is 9.31. The molecule has 1 aliphatic heterocycles. The van der Waals surface area contributed by atoms with Crippen molar-refractivity contribution in [1.82, 2.24) is 0 Å². The Kier molecular flexibility index (Phi) is 6.30. The first-order valence-electron chi connectivity index (χ1n) is 8.25. The molecule has 0 bridgehead atoms. The van der Waals surface area contributed by atoms with E-state index in [-0.39, 0.29) is 6.42 Å². The van der Waals surface area contributed by atoms with Crippen molar-refractivity contribution in [3.63, 3.8) is 0 Å². The first-order chi connectivity index (χ1) is 9.73. The average Bonchev–Trinajstić information content (AvgIpc) is 2.32. The van der Waals surface area contributed by atoms with Crippen LogP contribution in [-0.2, 0) is 14.6 Å². The molecule has 1 saturated carbocycles. The van der Waals surface area contributed by atoms with E-state index in [1.54, 1.807) is 0 Å². The minimum atomic E-state index is -0.767. The molecule has 116 valence electrons. The van der Waals surface area contributed by atoms with Crippen LogP contribution in [0.3, 0.4) is 0 Å². The van der Waals surface area contributed by atoms with Crippen molar-refractivity contribution in [3.05, 3.63) is 0 Å². The second-order valence-corrected chi connectivity index (χ2v) is 6.39. The Morgan fingerprint density at radius 2 is 1.65 bits per heavy atom. The fourth-order valence-corrected chi connectivity index (χ4v) is 3.74. The van der Waals surface area contributed by atoms with Crippen LogP contribution in [0.15, 0.2) is 0 Å². The minimum absolute atomic E-state index is 0.0810. The van der Waals surface area contributed by atoms with Crippen molar-refractivity contribution in [3.8, 4) is 0 Å². The molecular formula is C16H28O4. The van der Waals surface area contributed by atoms with Gasteiger partial charge in [0.1, 0.15) is 5.60 Å². The summed E-state index contributed by atoms with van der Waals surface area (Å²) < 4.78 is 0. The van der Waals surface area contributed by atoms with Crippen LogP contribution in [0.5, 0.6) is 0 Å². The van der Waals surface area contributed by atoms with Crippen molar-refractivity contribution in [2.45, 2.75) is 82.7 Å². The molecule has 4 nitrogen and oxygen atoms in total. The molecule has 1 atom stereocenters. The van der Waals surface area contributed by atoms with Gasteiger partial charge in [0.05, 0.1) is 13.0 Å². The lowest BCUT2D eigenvalue weighted by Gasteiger charge is -2.40. The van der Waals surface area contributed by atoms with Crippen LogP contribution in [-0.4, -0.2) is 23.3 Å². The summed E-state index contributed by atoms with van der Waals surface area (Å²) in [6.07, 6.45) is 12.5. The molecule has 4 heteroatoms. The third-order valence-electron chi connectivity index (χ3n) is 4.85. The average molecular weight is 284 g/mol. The van der Waals surface area contributed by atoms with Crippen LogP contribution in [0, 0.1) is 5.92 Å². The van der Waals surface area contributed by atoms with Gasteiger partial charge in [0.15, 0.2) is 0 Å². The lowest BCUT2D eigenvalue weighted by molar-refractivity contribution is -0.380. The highest BCUT2D eigenvalue weighted by Gasteiger charge is 2.43. The van der Waals surface area contributed by atoms with E-state index in [2.05, 4.69) is 0 Å². The zero-order valence-corrected chi connectivity index (χ0v) is 12.4. The molecule has 20 heavy (non-hydrogen) atoms. The number of hydrogen-bond donors (Lipinski definition) is 1. The van der Waals surface area contributed by atoms with Crippen molar-refractivity contribution in [1.29, 1.82) is 0 Å². The minimum Gasteiger partial charge on any atom is -0.481 e. The summed E-state index contributed by atoms with van der Waals surface area (Å²) in [4.78, 5) is 22.4. The summed E-state index contributed by atoms with van der Waals surface area (Å²) in [5.74, 6) is -0.437. The van der Waals surface area contributed by atoms with Crippen LogP contribution in [0.1, 0.15) is 77.0 Å². The monoisotopic (exact) mass is 284 g/mol. The zero-order valence-electron chi connectivity index (χ0n) is 12.4. The molecule has 1 N–H and O–H groups in total. The highest BCUT2D eigenvalue weighted by Crippen LogP contribution is 2.40. The van der Waals surface area contributed by atoms with Gasteiger partial charge in [-0.1, -0.05) is 44.9 Å². The molecular weight excluding hydrogens is 256 g/mol. The second-order valence-electron chi connectivity index (χ2n) is 6.39. The van der Waals surface area contributed by atoms with Crippen LogP contribution in [0.25, 0.3) is 0 Å². The predicted octanol–water partition coefficient (Wildman–Crippen LogP) is 4.08. The van der Waals surface area contributed by atoms with E-state index in [9.17, 15) is 9.90 Å². The molecule has 0 aromatic heterocycles. The van der Waals surface area contributed by atoms with Gasteiger partial charge < -0.3 is 5.11 Å². The normalized spacial score (nSPS) is 30.8. The second kappa shape index (κ2) is 7.99. The Bertz CT molecular complexity index is 287. The van der Waals surface area contributed by atoms with Gasteiger partial charge in [0.25, 0.3) is 0 Å². The molecule has 2 fully saturated rings. The summed E-state index contributed by atoms with van der Waals surface area (Å²) in [5.41, 5.74) is -0.594. The Morgan fingerprint density at radius 1 is 1.00 bits per heavy atom. The Labute approximate surface area is 121 Å². The van der Waals surface area contributed by atoms with E-state index in [0.717, 1.165) is 38.5 Å². The van der Waals surface area contributed by atoms with E-state index in [0.29, 0.717) is 12.5 Å². The third kappa shape index (κ3) is 4.45. The van der Waals surface area contributed by atoms with Crippen molar-refractivity contribution in [2.75, 3.05) is 6.61 Å². The summed E-state index contributed by atoms with van der Waals surface area (Å²) in [6.45, 7) is 0.591. The number of carbonyl (C=O) groups is 1. The Balaban J connectivity index is 2.11. The van der Waals surface area contributed by atoms with Gasteiger partial charge in [0.2, 0.25) is 0 Å². The highest BCUT2D eigenvalue weighted by atomic mass is 17.2. The van der Waals surface area contributed by atoms with Crippen LogP contribution >= 0.6 is 0 Å². The Hall–Kier alpha value is -0.610. The van der Waals surface area contributed by atoms with E-state index < -0.39 is 11.6 Å². The van der Waals surface area contributed by atoms with Gasteiger partial charge in [-0.2, -0.15) is 0 Å². The summed E-state index contributed by atoms with van der Waals surface area (Å²) >= 11 is 0. The quantitative estimate of drug-likeness (QED) is 0.793. The van der Waals surface area contributed by atoms with Gasteiger partial charge in [-0.15, -0.1) is 0 Å². The van der Waals surface area contributed by atoms with E-state index in [4.69, 9.17) is 9.78 Å². The molecule has 1 heterocycles. The maximum Gasteiger partial charge on any atom is 0.306 e. The summed E-state index contributed by atoms with van der Waals surface area (Å²) in [7, 11) is 0. The van der Waals surface area contributed by atoms with Crippen LogP contribution < -0.4 is 0 Å². The SMILES string of the molecule is O=C(O)CC1(C2CCCCCCC2)CCCCCOO1. The maximum absolute atomic E-state index is 11.3. The molecule has 1 saturated heterocycles. The highest BCUT2D eigenvalue weighted by molar-refractivity contribution is 5.68. The third-order valence-corrected chi connectivity index (χ3v) is 4.85. The maximum atomic E-state index is 11.3. The van der Waals surface area contributed by atoms with Gasteiger partial charge in [0, 0.05) is 0 Å². The standard InChI is InChI=1S/C16H28O4/c17-15(18)13-16(11-7-4-8-12-19-20-16)14-9-5-2-1-3-6-10-14/h14H,1-13H2,(H,17,18). The smallest absolute Gasteiger partial charge is 0.306 e. The lowest BCUT2D eigenvalue weighted by Crippen LogP contribution is -2.44. The number of aliphatic carboxylic acids is 1. The number of carboxylic acids is 1. The van der Waals surface area contributed by atoms with Gasteiger partial charge in [-0.05, 0) is 31.6 Å². The predicted molar refractivity (Wildman–Crippen MR) is 76.3 cm³/mol. The molecule has 0 aromatic carbocycles. The van der Waals surface area contributed by atoms with Gasteiger partial charge >= 0.3 is 5.97 Å². The van der Waals surface area contributed by atoms with Gasteiger partial charge in [-0.25, -0.2) is 9.78 Å². The molecule has 1 unspecified atom stereocenters. The first kappa shape index (κ1) is 15.8. The molecule has 0 amide bonds. The molecule has 0 spiro atoms. The van der Waals surface area contributed by atoms with Crippen LogP contribution in [0.4, 0.5) is 0 Å². The van der Waals surface area contributed by atoms with E-state index in [1.165, 1.54) is 32.1 Å². The lowest BCUT2D eigenvalue weighted by atomic mass is 9.74. The first-order valence-corrected chi connectivity index (χ1v) is 8.25. The fraction of sp³-hybridized carbons (Fsp3) is 0.938. The van der Waals surface area contributed by atoms with E-state index in [1.807, 2.05) is 0 Å². The molecule has 1 aliphatic carbocycles.